The number of aliphatic carboxylic acids is 1. The number of amides is 1. The average molecular weight is 625 g/mol. The number of carboxylic acids is 1. The molecule has 1 aliphatic rings. The van der Waals surface area contributed by atoms with Gasteiger partial charge in [0, 0.05) is 37.1 Å². The van der Waals surface area contributed by atoms with Crippen LogP contribution in [0.2, 0.25) is 10.0 Å². The van der Waals surface area contributed by atoms with Crippen LogP contribution >= 0.6 is 23.2 Å². The van der Waals surface area contributed by atoms with Gasteiger partial charge in [-0.25, -0.2) is 13.2 Å². The first-order valence-corrected chi connectivity index (χ1v) is 14.4. The van der Waals surface area contributed by atoms with E-state index in [2.05, 4.69) is 27.8 Å². The zero-order valence-electron chi connectivity index (χ0n) is 21.5. The maximum Gasteiger partial charge on any atom is 0.490 e. The van der Waals surface area contributed by atoms with Crippen LogP contribution in [0.5, 0.6) is 0 Å². The van der Waals surface area contributed by atoms with Gasteiger partial charge in [-0.3, -0.25) is 9.79 Å². The zero-order chi connectivity index (χ0) is 29.9. The predicted octanol–water partition coefficient (Wildman–Crippen LogP) is 3.78. The number of amidine groups is 1. The fraction of sp³-hybridized carbons (Fsp3) is 0.400. The highest BCUT2D eigenvalue weighted by atomic mass is 35.5. The molecular formula is C25H29Cl2F3N4O5S. The SMILES string of the molecule is CN(CCc1ccc(C2=NCCN2)cc1)C(=O)CCCNCS(=O)(=O)c1cc(Cl)ccc1Cl.O=C(O)C(F)(F)F. The summed E-state index contributed by atoms with van der Waals surface area (Å²) in [7, 11) is -1.83. The van der Waals surface area contributed by atoms with Crippen molar-refractivity contribution in [3.8, 4) is 0 Å². The first-order valence-electron chi connectivity index (χ1n) is 12.0. The van der Waals surface area contributed by atoms with E-state index >= 15 is 0 Å². The lowest BCUT2D eigenvalue weighted by atomic mass is 10.1. The lowest BCUT2D eigenvalue weighted by molar-refractivity contribution is -0.192. The van der Waals surface area contributed by atoms with Gasteiger partial charge in [0.25, 0.3) is 0 Å². The minimum atomic E-state index is -5.08. The van der Waals surface area contributed by atoms with Crippen LogP contribution in [0, 0.1) is 0 Å². The second-order valence-corrected chi connectivity index (χ2v) is 11.5. The first-order chi connectivity index (χ1) is 18.7. The van der Waals surface area contributed by atoms with Crippen LogP contribution in [0.4, 0.5) is 13.2 Å². The third kappa shape index (κ3) is 11.0. The standard InChI is InChI=1S/C23H28Cl2N4O3S.C2HF3O2/c1-29(14-10-17-4-6-18(7-5-17)23-27-12-13-28-23)22(30)3-2-11-26-16-33(31,32)21-15-19(24)8-9-20(21)25;3-2(4,5)1(6)7/h4-9,15,26H,2-3,10-14,16H2,1H3,(H,27,28);(H,6,7). The average Bonchev–Trinajstić information content (AvgIpc) is 3.43. The minimum absolute atomic E-state index is 0.000465. The van der Waals surface area contributed by atoms with Crippen LogP contribution in [0.1, 0.15) is 24.0 Å². The van der Waals surface area contributed by atoms with Crippen molar-refractivity contribution >= 4 is 50.8 Å². The maximum absolute atomic E-state index is 12.4. The van der Waals surface area contributed by atoms with E-state index in [0.29, 0.717) is 31.0 Å². The van der Waals surface area contributed by atoms with E-state index in [-0.39, 0.29) is 21.7 Å². The van der Waals surface area contributed by atoms with Gasteiger partial charge in [0.1, 0.15) is 11.7 Å². The highest BCUT2D eigenvalue weighted by Crippen LogP contribution is 2.25. The van der Waals surface area contributed by atoms with Gasteiger partial charge in [-0.2, -0.15) is 13.2 Å². The van der Waals surface area contributed by atoms with E-state index in [9.17, 15) is 26.4 Å². The van der Waals surface area contributed by atoms with Crippen molar-refractivity contribution in [2.45, 2.75) is 30.3 Å². The number of alkyl halides is 3. The number of benzene rings is 2. The van der Waals surface area contributed by atoms with Gasteiger partial charge in [0.2, 0.25) is 5.91 Å². The molecule has 0 saturated heterocycles. The third-order valence-corrected chi connectivity index (χ3v) is 7.84. The van der Waals surface area contributed by atoms with Crippen molar-refractivity contribution in [2.24, 2.45) is 4.99 Å². The molecule has 1 aliphatic heterocycles. The van der Waals surface area contributed by atoms with Crippen molar-refractivity contribution in [1.82, 2.24) is 15.5 Å². The van der Waals surface area contributed by atoms with Gasteiger partial charge in [0.05, 0.1) is 16.5 Å². The molecule has 0 atom stereocenters. The Kier molecular flexibility index (Phi) is 12.7. The summed E-state index contributed by atoms with van der Waals surface area (Å²) in [5, 5.41) is 13.7. The maximum atomic E-state index is 12.4. The number of hydrogen-bond acceptors (Lipinski definition) is 7. The van der Waals surface area contributed by atoms with Crippen LogP contribution in [-0.4, -0.2) is 81.4 Å². The number of nitrogens with zero attached hydrogens (tertiary/aromatic N) is 2. The van der Waals surface area contributed by atoms with Crippen molar-refractivity contribution < 1.29 is 36.3 Å². The van der Waals surface area contributed by atoms with Gasteiger partial charge in [0.15, 0.2) is 9.84 Å². The van der Waals surface area contributed by atoms with Gasteiger partial charge in [-0.1, -0.05) is 47.5 Å². The summed E-state index contributed by atoms with van der Waals surface area (Å²) >= 11 is 11.9. The third-order valence-electron chi connectivity index (χ3n) is 5.57. The number of nitrogens with one attached hydrogen (secondary N) is 2. The first kappa shape index (κ1) is 33.3. The van der Waals surface area contributed by atoms with E-state index in [4.69, 9.17) is 33.1 Å². The summed E-state index contributed by atoms with van der Waals surface area (Å²) in [6, 6.07) is 12.6. The Hall–Kier alpha value is -2.87. The molecule has 0 fully saturated rings. The molecule has 0 unspecified atom stereocenters. The molecule has 9 nitrogen and oxygen atoms in total. The number of carbonyl (C=O) groups excluding carboxylic acids is 1. The summed E-state index contributed by atoms with van der Waals surface area (Å²) in [5.74, 6) is -2.06. The number of likely N-dealkylation sites (N-methyl/N-ethyl adjacent to an activating group) is 1. The Bertz CT molecular complexity index is 1310. The Balaban J connectivity index is 0.000000708. The van der Waals surface area contributed by atoms with E-state index in [1.807, 2.05) is 12.1 Å². The molecule has 40 heavy (non-hydrogen) atoms. The van der Waals surface area contributed by atoms with E-state index in [1.165, 1.54) is 18.2 Å². The molecule has 220 valence electrons. The van der Waals surface area contributed by atoms with Crippen LogP contribution in [0.15, 0.2) is 52.4 Å². The number of aliphatic imine (C=N–C) groups is 1. The zero-order valence-corrected chi connectivity index (χ0v) is 23.8. The Morgan fingerprint density at radius 2 is 1.80 bits per heavy atom. The van der Waals surface area contributed by atoms with Crippen LogP contribution in [0.25, 0.3) is 0 Å². The van der Waals surface area contributed by atoms with E-state index in [1.54, 1.807) is 11.9 Å². The molecule has 0 spiro atoms. The lowest BCUT2D eigenvalue weighted by Gasteiger charge is -2.17. The Morgan fingerprint density at radius 3 is 2.38 bits per heavy atom. The highest BCUT2D eigenvalue weighted by molar-refractivity contribution is 7.91. The molecule has 15 heteroatoms. The molecule has 3 rings (SSSR count). The molecule has 3 N–H and O–H groups in total. The molecule has 1 heterocycles. The molecule has 1 amide bonds. The quantitative estimate of drug-likeness (QED) is 0.325. The number of hydrogen-bond donors (Lipinski definition) is 3. The number of sulfone groups is 1. The molecular weight excluding hydrogens is 596 g/mol. The normalized spacial score (nSPS) is 13.1. The molecule has 0 saturated carbocycles. The molecule has 0 aliphatic carbocycles. The molecule has 0 bridgehead atoms. The fourth-order valence-corrected chi connectivity index (χ4v) is 5.34. The number of rotatable bonds is 11. The van der Waals surface area contributed by atoms with Crippen LogP contribution in [0.3, 0.4) is 0 Å². The summed E-state index contributed by atoms with van der Waals surface area (Å²) in [6.07, 6.45) is -3.45. The van der Waals surface area contributed by atoms with E-state index < -0.39 is 22.0 Å². The van der Waals surface area contributed by atoms with Crippen molar-refractivity contribution in [3.05, 3.63) is 63.6 Å². The lowest BCUT2D eigenvalue weighted by Crippen LogP contribution is -2.30. The Labute approximate surface area is 240 Å². The van der Waals surface area contributed by atoms with Crippen molar-refractivity contribution in [3.63, 3.8) is 0 Å². The van der Waals surface area contributed by atoms with Crippen molar-refractivity contribution in [1.29, 1.82) is 0 Å². The number of carboxylic acid groups (broad SMARTS) is 1. The number of carbonyl (C=O) groups is 2. The second-order valence-electron chi connectivity index (χ2n) is 8.66. The van der Waals surface area contributed by atoms with Gasteiger partial charge in [-0.15, -0.1) is 0 Å². The summed E-state index contributed by atoms with van der Waals surface area (Å²) in [4.78, 5) is 27.4. The molecule has 2 aromatic carbocycles. The predicted molar refractivity (Wildman–Crippen MR) is 147 cm³/mol. The summed E-state index contributed by atoms with van der Waals surface area (Å²) in [5.41, 5.74) is 2.23. The molecule has 0 aromatic heterocycles. The van der Waals surface area contributed by atoms with Gasteiger partial charge >= 0.3 is 12.1 Å². The molecule has 2 aromatic rings. The number of halogens is 5. The van der Waals surface area contributed by atoms with Crippen LogP contribution < -0.4 is 10.6 Å². The summed E-state index contributed by atoms with van der Waals surface area (Å²) in [6.45, 7) is 2.71. The second kappa shape index (κ2) is 15.2. The smallest absolute Gasteiger partial charge is 0.475 e. The monoisotopic (exact) mass is 624 g/mol. The van der Waals surface area contributed by atoms with Crippen LogP contribution in [-0.2, 0) is 25.8 Å². The molecule has 0 radical (unpaired) electrons. The van der Waals surface area contributed by atoms with Gasteiger partial charge in [-0.05, 0) is 43.1 Å². The van der Waals surface area contributed by atoms with Crippen molar-refractivity contribution in [2.75, 3.05) is 39.1 Å². The van der Waals surface area contributed by atoms with E-state index in [0.717, 1.165) is 36.5 Å². The fourth-order valence-electron chi connectivity index (χ4n) is 3.40. The topological polar surface area (TPSA) is 128 Å². The highest BCUT2D eigenvalue weighted by Gasteiger charge is 2.38. The largest absolute Gasteiger partial charge is 0.490 e. The summed E-state index contributed by atoms with van der Waals surface area (Å²) < 4.78 is 56.6. The Morgan fingerprint density at radius 1 is 1.15 bits per heavy atom. The minimum Gasteiger partial charge on any atom is -0.475 e. The van der Waals surface area contributed by atoms with Gasteiger partial charge < -0.3 is 20.6 Å².